The number of ether oxygens (including phenoxy) is 3. The predicted octanol–water partition coefficient (Wildman–Crippen LogP) is 3.04. The van der Waals surface area contributed by atoms with Crippen molar-refractivity contribution in [3.8, 4) is 17.2 Å². The number of carbonyl (C=O) groups excluding carboxylic acids is 2. The fourth-order valence-electron chi connectivity index (χ4n) is 3.71. The molecule has 1 unspecified atom stereocenters. The number of hydrogen-bond acceptors (Lipinski definition) is 6. The lowest BCUT2D eigenvalue weighted by atomic mass is 9.98. The molecule has 3 rings (SSSR count). The topological polar surface area (TPSA) is 77.1 Å². The molecule has 7 nitrogen and oxygen atoms in total. The first-order chi connectivity index (χ1) is 14.0. The van der Waals surface area contributed by atoms with E-state index in [0.717, 1.165) is 12.8 Å². The lowest BCUT2D eigenvalue weighted by Crippen LogP contribution is -2.44. The van der Waals surface area contributed by atoms with Crippen LogP contribution in [0, 0.1) is 0 Å². The third-order valence-corrected chi connectivity index (χ3v) is 6.13. The minimum absolute atomic E-state index is 0.0640. The highest BCUT2D eigenvalue weighted by Gasteiger charge is 2.30. The Morgan fingerprint density at radius 3 is 2.45 bits per heavy atom. The summed E-state index contributed by atoms with van der Waals surface area (Å²) in [6.07, 6.45) is 1.70. The van der Waals surface area contributed by atoms with Crippen molar-refractivity contribution in [1.29, 1.82) is 0 Å². The first-order valence-corrected chi connectivity index (χ1v) is 10.4. The van der Waals surface area contributed by atoms with Gasteiger partial charge in [-0.1, -0.05) is 6.92 Å². The maximum Gasteiger partial charge on any atom is 0.251 e. The van der Waals surface area contributed by atoms with Crippen LogP contribution in [0.25, 0.3) is 0 Å². The van der Waals surface area contributed by atoms with E-state index in [0.29, 0.717) is 29.4 Å². The van der Waals surface area contributed by atoms with E-state index in [1.165, 1.54) is 31.8 Å². The number of nitrogens with one attached hydrogen (secondary N) is 1. The molecule has 29 heavy (non-hydrogen) atoms. The molecule has 2 aromatic rings. The molecule has 2 amide bonds. The minimum Gasteiger partial charge on any atom is -0.493 e. The Kier molecular flexibility index (Phi) is 6.64. The highest BCUT2D eigenvalue weighted by molar-refractivity contribution is 7.10. The zero-order valence-corrected chi connectivity index (χ0v) is 17.9. The van der Waals surface area contributed by atoms with Crippen LogP contribution in [-0.4, -0.2) is 51.1 Å². The maximum absolute atomic E-state index is 12.8. The predicted molar refractivity (Wildman–Crippen MR) is 111 cm³/mol. The van der Waals surface area contributed by atoms with Crippen molar-refractivity contribution < 1.29 is 23.8 Å². The Morgan fingerprint density at radius 2 is 1.86 bits per heavy atom. The van der Waals surface area contributed by atoms with Gasteiger partial charge in [-0.2, -0.15) is 0 Å². The van der Waals surface area contributed by atoms with E-state index in [9.17, 15) is 9.59 Å². The molecule has 1 aromatic heterocycles. The Labute approximate surface area is 174 Å². The van der Waals surface area contributed by atoms with Gasteiger partial charge in [0.15, 0.2) is 11.5 Å². The van der Waals surface area contributed by atoms with E-state index in [1.54, 1.807) is 23.5 Å². The van der Waals surface area contributed by atoms with Crippen LogP contribution in [-0.2, 0) is 11.2 Å². The Hall–Kier alpha value is -2.74. The quantitative estimate of drug-likeness (QED) is 0.748. The summed E-state index contributed by atoms with van der Waals surface area (Å²) in [5.74, 6) is 0.715. The zero-order valence-electron chi connectivity index (χ0n) is 17.1. The number of benzene rings is 1. The van der Waals surface area contributed by atoms with Crippen LogP contribution >= 0.6 is 11.3 Å². The van der Waals surface area contributed by atoms with Crippen LogP contribution < -0.4 is 19.5 Å². The van der Waals surface area contributed by atoms with Crippen molar-refractivity contribution in [1.82, 2.24) is 10.2 Å². The molecule has 1 atom stereocenters. The number of hydrogen-bond donors (Lipinski definition) is 1. The summed E-state index contributed by atoms with van der Waals surface area (Å²) in [6, 6.07) is 5.29. The Balaban J connectivity index is 1.70. The summed E-state index contributed by atoms with van der Waals surface area (Å²) in [5, 5.41) is 4.80. The zero-order chi connectivity index (χ0) is 21.0. The highest BCUT2D eigenvalue weighted by atomic mass is 32.1. The van der Waals surface area contributed by atoms with Crippen molar-refractivity contribution in [2.75, 3.05) is 34.4 Å². The van der Waals surface area contributed by atoms with Crippen LogP contribution in [0.3, 0.4) is 0 Å². The summed E-state index contributed by atoms with van der Waals surface area (Å²) in [4.78, 5) is 28.7. The number of fused-ring (bicyclic) bond motifs is 1. The molecule has 0 bridgehead atoms. The van der Waals surface area contributed by atoms with E-state index < -0.39 is 0 Å². The number of thiophene rings is 1. The molecular formula is C21H26N2O5S. The minimum atomic E-state index is -0.376. The van der Waals surface area contributed by atoms with Crippen molar-refractivity contribution >= 4 is 23.2 Å². The van der Waals surface area contributed by atoms with Crippen LogP contribution in [0.2, 0.25) is 0 Å². The van der Waals surface area contributed by atoms with Crippen LogP contribution in [0.15, 0.2) is 23.6 Å². The Bertz CT molecular complexity index is 870. The van der Waals surface area contributed by atoms with Crippen molar-refractivity contribution in [3.05, 3.63) is 39.6 Å². The lowest BCUT2D eigenvalue weighted by molar-refractivity contribution is -0.133. The summed E-state index contributed by atoms with van der Waals surface area (Å²) >= 11 is 1.74. The summed E-state index contributed by atoms with van der Waals surface area (Å²) in [5.41, 5.74) is 1.56. The fourth-order valence-corrected chi connectivity index (χ4v) is 4.64. The van der Waals surface area contributed by atoms with Gasteiger partial charge in [0.2, 0.25) is 11.7 Å². The van der Waals surface area contributed by atoms with Crippen molar-refractivity contribution in [2.24, 2.45) is 0 Å². The van der Waals surface area contributed by atoms with E-state index in [1.807, 2.05) is 4.90 Å². The molecule has 0 aliphatic carbocycles. The van der Waals surface area contributed by atoms with Crippen molar-refractivity contribution in [3.63, 3.8) is 0 Å². The normalized spacial score (nSPS) is 15.4. The number of rotatable bonds is 7. The standard InChI is InChI=1S/C21H26N2O5S/c1-5-15-14-7-9-29-18(14)6-8-23(15)19(24)12-22-21(25)13-10-16(26-2)20(28-4)17(11-13)27-3/h7,9-11,15H,5-6,8,12H2,1-4H3,(H,22,25). The van der Waals surface area contributed by atoms with E-state index >= 15 is 0 Å². The molecule has 1 aliphatic heterocycles. The molecule has 0 spiro atoms. The molecule has 0 fully saturated rings. The smallest absolute Gasteiger partial charge is 0.251 e. The first-order valence-electron chi connectivity index (χ1n) is 9.47. The van der Waals surface area contributed by atoms with Gasteiger partial charge >= 0.3 is 0 Å². The first kappa shape index (κ1) is 21.0. The highest BCUT2D eigenvalue weighted by Crippen LogP contribution is 2.38. The van der Waals surface area contributed by atoms with E-state index in [4.69, 9.17) is 14.2 Å². The number of amides is 2. The summed E-state index contributed by atoms with van der Waals surface area (Å²) in [6.45, 7) is 2.68. The second kappa shape index (κ2) is 9.17. The monoisotopic (exact) mass is 418 g/mol. The van der Waals surface area contributed by atoms with Gasteiger partial charge in [0.25, 0.3) is 5.91 Å². The van der Waals surface area contributed by atoms with Crippen LogP contribution in [0.4, 0.5) is 0 Å². The SMILES string of the molecule is CCC1c2ccsc2CCN1C(=O)CNC(=O)c1cc(OC)c(OC)c(OC)c1. The molecule has 0 saturated carbocycles. The molecular weight excluding hydrogens is 392 g/mol. The van der Waals surface area contributed by atoms with Crippen molar-refractivity contribution in [2.45, 2.75) is 25.8 Å². The van der Waals surface area contributed by atoms with E-state index in [-0.39, 0.29) is 24.4 Å². The summed E-state index contributed by atoms with van der Waals surface area (Å²) < 4.78 is 15.8. The molecule has 0 radical (unpaired) electrons. The van der Waals surface area contributed by atoms with Gasteiger partial charge in [-0.15, -0.1) is 11.3 Å². The fraction of sp³-hybridized carbons (Fsp3) is 0.429. The van der Waals surface area contributed by atoms with Crippen LogP contribution in [0.1, 0.15) is 40.2 Å². The maximum atomic E-state index is 12.8. The molecule has 156 valence electrons. The summed E-state index contributed by atoms with van der Waals surface area (Å²) in [7, 11) is 4.48. The van der Waals surface area contributed by atoms with Gasteiger partial charge in [-0.25, -0.2) is 0 Å². The third kappa shape index (κ3) is 4.17. The molecule has 1 aromatic carbocycles. The van der Waals surface area contributed by atoms with Crippen LogP contribution in [0.5, 0.6) is 17.2 Å². The molecule has 2 heterocycles. The third-order valence-electron chi connectivity index (χ3n) is 5.13. The largest absolute Gasteiger partial charge is 0.493 e. The number of methoxy groups -OCH3 is 3. The van der Waals surface area contributed by atoms with E-state index in [2.05, 4.69) is 23.7 Å². The Morgan fingerprint density at radius 1 is 1.17 bits per heavy atom. The molecule has 1 aliphatic rings. The van der Waals surface area contributed by atoms with Gasteiger partial charge in [-0.3, -0.25) is 9.59 Å². The van der Waals surface area contributed by atoms with Gasteiger partial charge in [0, 0.05) is 17.0 Å². The second-order valence-electron chi connectivity index (χ2n) is 6.66. The number of nitrogens with zero attached hydrogens (tertiary/aromatic N) is 1. The molecule has 8 heteroatoms. The average Bonchev–Trinajstić information content (AvgIpc) is 3.24. The molecule has 1 N–H and O–H groups in total. The van der Waals surface area contributed by atoms with Gasteiger partial charge in [-0.05, 0) is 42.0 Å². The average molecular weight is 419 g/mol. The van der Waals surface area contributed by atoms with Gasteiger partial charge in [0.05, 0.1) is 33.9 Å². The lowest BCUT2D eigenvalue weighted by Gasteiger charge is -2.35. The van der Waals surface area contributed by atoms with Gasteiger partial charge in [0.1, 0.15) is 0 Å². The second-order valence-corrected chi connectivity index (χ2v) is 7.66. The molecule has 0 saturated heterocycles. The number of carbonyl (C=O) groups is 2. The van der Waals surface area contributed by atoms with Gasteiger partial charge < -0.3 is 24.4 Å².